The van der Waals surface area contributed by atoms with Crippen LogP contribution in [0.3, 0.4) is 0 Å². The number of methoxy groups -OCH3 is 2. The molecular formula is C12H14Cl4NO5P. The fourth-order valence-corrected chi connectivity index (χ4v) is 1.73. The lowest BCUT2D eigenvalue weighted by atomic mass is 10.1. The van der Waals surface area contributed by atoms with Crippen molar-refractivity contribution in [2.45, 2.75) is 19.8 Å². The molecule has 0 amide bonds. The molecule has 0 aliphatic heterocycles. The highest BCUT2D eigenvalue weighted by Crippen LogP contribution is 2.61. The molecule has 0 atom stereocenters. The van der Waals surface area contributed by atoms with E-state index in [9.17, 15) is 14.2 Å². The summed E-state index contributed by atoms with van der Waals surface area (Å²) in [5.74, 6) is -1.19. The molecule has 0 bridgehead atoms. The van der Waals surface area contributed by atoms with Crippen molar-refractivity contribution >= 4 is 62.5 Å². The van der Waals surface area contributed by atoms with Gasteiger partial charge in [0.25, 0.3) is 0 Å². The Morgan fingerprint density at radius 1 is 1.13 bits per heavy atom. The summed E-state index contributed by atoms with van der Waals surface area (Å²) in [5, 5.41) is -3.20. The Balaban J connectivity index is 0.000000841. The lowest BCUT2D eigenvalue weighted by molar-refractivity contribution is 0.0597. The summed E-state index contributed by atoms with van der Waals surface area (Å²) in [6, 6.07) is 1.36. The van der Waals surface area contributed by atoms with E-state index >= 15 is 0 Å². The Labute approximate surface area is 153 Å². The standard InChI is InChI=1S/C12H14ClNO4.Cl3OP/c1-4-5-9-7(11(15)17-2)6-8(10(13)14-9)12(16)18-3;1-5(2,3)4/h6H,4-5H2,1-3H3;. The van der Waals surface area contributed by atoms with Gasteiger partial charge in [-0.05, 0) is 46.2 Å². The van der Waals surface area contributed by atoms with Crippen LogP contribution >= 0.6 is 50.5 Å². The molecular weight excluding hydrogens is 411 g/mol. The number of hydrogen-bond donors (Lipinski definition) is 0. The maximum absolute atomic E-state index is 11.6. The molecule has 0 fully saturated rings. The number of esters is 2. The third-order valence-corrected chi connectivity index (χ3v) is 2.64. The highest BCUT2D eigenvalue weighted by atomic mass is 36.0. The number of aromatic nitrogens is 1. The van der Waals surface area contributed by atoms with Gasteiger partial charge in [0.15, 0.2) is 0 Å². The summed E-state index contributed by atoms with van der Waals surface area (Å²) in [6.07, 6.45) is 1.37. The molecule has 23 heavy (non-hydrogen) atoms. The molecule has 6 nitrogen and oxygen atoms in total. The molecule has 1 aromatic rings. The fourth-order valence-electron chi connectivity index (χ4n) is 1.49. The molecule has 0 radical (unpaired) electrons. The number of aryl methyl sites for hydroxylation is 1. The van der Waals surface area contributed by atoms with Gasteiger partial charge in [-0.15, -0.1) is 0 Å². The smallest absolute Gasteiger partial charge is 0.341 e. The molecule has 130 valence electrons. The maximum atomic E-state index is 11.6. The molecule has 0 spiro atoms. The number of ether oxygens (including phenoxy) is 2. The molecule has 1 heterocycles. The summed E-state index contributed by atoms with van der Waals surface area (Å²) >= 11 is 19.7. The summed E-state index contributed by atoms with van der Waals surface area (Å²) in [7, 11) is 2.50. The first kappa shape index (κ1) is 22.5. The second-order valence-corrected chi connectivity index (χ2v) is 11.0. The number of halogens is 4. The Bertz CT molecular complexity index is 611. The van der Waals surface area contributed by atoms with Gasteiger partial charge in [0.2, 0.25) is 0 Å². The molecule has 11 heteroatoms. The molecule has 0 aliphatic rings. The molecule has 1 rings (SSSR count). The highest BCUT2D eigenvalue weighted by Gasteiger charge is 2.20. The number of hydrogen-bond acceptors (Lipinski definition) is 6. The van der Waals surface area contributed by atoms with Crippen LogP contribution in [0.25, 0.3) is 0 Å². The third-order valence-electron chi connectivity index (χ3n) is 2.35. The van der Waals surface area contributed by atoms with Gasteiger partial charge in [0.1, 0.15) is 5.15 Å². The van der Waals surface area contributed by atoms with Gasteiger partial charge in [0.05, 0.1) is 31.0 Å². The lowest BCUT2D eigenvalue weighted by Gasteiger charge is -2.09. The van der Waals surface area contributed by atoms with Crippen LogP contribution in [-0.2, 0) is 20.5 Å². The first-order valence-corrected chi connectivity index (χ1v) is 10.9. The average molecular weight is 425 g/mol. The number of carbonyl (C=O) groups excluding carboxylic acids is 2. The van der Waals surface area contributed by atoms with Crippen LogP contribution in [0.5, 0.6) is 0 Å². The lowest BCUT2D eigenvalue weighted by Crippen LogP contribution is -2.12. The fraction of sp³-hybridized carbons (Fsp3) is 0.417. The summed E-state index contributed by atoms with van der Waals surface area (Å²) in [6.45, 7) is 1.95. The van der Waals surface area contributed by atoms with E-state index in [1.807, 2.05) is 6.92 Å². The van der Waals surface area contributed by atoms with Crippen molar-refractivity contribution in [3.63, 3.8) is 0 Å². The van der Waals surface area contributed by atoms with Gasteiger partial charge in [-0.1, -0.05) is 24.9 Å². The SMILES string of the molecule is CCCc1nc(Cl)c(C(=O)OC)cc1C(=O)OC.O=P(Cl)(Cl)Cl. The number of carbonyl (C=O) groups is 2. The topological polar surface area (TPSA) is 82.6 Å². The Morgan fingerprint density at radius 2 is 1.57 bits per heavy atom. The van der Waals surface area contributed by atoms with Crippen molar-refractivity contribution in [3.05, 3.63) is 28.0 Å². The molecule has 0 N–H and O–H groups in total. The Morgan fingerprint density at radius 3 is 1.96 bits per heavy atom. The van der Waals surface area contributed by atoms with Crippen molar-refractivity contribution in [3.8, 4) is 0 Å². The largest absolute Gasteiger partial charge is 0.465 e. The zero-order valence-corrected chi connectivity index (χ0v) is 16.4. The monoisotopic (exact) mass is 423 g/mol. The molecule has 0 aromatic carbocycles. The predicted molar refractivity (Wildman–Crippen MR) is 91.1 cm³/mol. The Kier molecular flexibility index (Phi) is 10.1. The van der Waals surface area contributed by atoms with Crippen LogP contribution in [0.2, 0.25) is 5.15 Å². The van der Waals surface area contributed by atoms with Crippen LogP contribution < -0.4 is 0 Å². The molecule has 1 aromatic heterocycles. The first-order chi connectivity index (χ1) is 10.5. The van der Waals surface area contributed by atoms with E-state index in [4.69, 9.17) is 11.6 Å². The van der Waals surface area contributed by atoms with Gasteiger partial charge >= 0.3 is 17.1 Å². The van der Waals surface area contributed by atoms with E-state index in [0.29, 0.717) is 12.1 Å². The van der Waals surface area contributed by atoms with E-state index in [1.54, 1.807) is 0 Å². The zero-order valence-electron chi connectivity index (χ0n) is 12.4. The average Bonchev–Trinajstić information content (AvgIpc) is 2.44. The number of rotatable bonds is 4. The molecule has 0 aliphatic carbocycles. The molecule has 0 saturated carbocycles. The van der Waals surface area contributed by atoms with Crippen molar-refractivity contribution in [1.29, 1.82) is 0 Å². The summed E-state index contributed by atoms with van der Waals surface area (Å²) in [4.78, 5) is 27.2. The van der Waals surface area contributed by atoms with Crippen molar-refractivity contribution in [2.75, 3.05) is 14.2 Å². The van der Waals surface area contributed by atoms with Crippen LogP contribution in [-0.4, -0.2) is 31.1 Å². The van der Waals surface area contributed by atoms with Crippen molar-refractivity contribution in [2.24, 2.45) is 0 Å². The van der Waals surface area contributed by atoms with Crippen LogP contribution in [0.15, 0.2) is 6.07 Å². The molecule has 0 saturated heterocycles. The number of nitrogens with zero attached hydrogens (tertiary/aromatic N) is 1. The second kappa shape index (κ2) is 10.4. The van der Waals surface area contributed by atoms with Gasteiger partial charge < -0.3 is 9.47 Å². The van der Waals surface area contributed by atoms with E-state index in [1.165, 1.54) is 20.3 Å². The van der Waals surface area contributed by atoms with Crippen LogP contribution in [0, 0.1) is 0 Å². The zero-order chi connectivity index (χ0) is 18.2. The summed E-state index contributed by atoms with van der Waals surface area (Å²) in [5.41, 5.74) is 0.811. The Hall–Kier alpha value is -0.520. The normalized spacial score (nSPS) is 10.4. The van der Waals surface area contributed by atoms with E-state index in [2.05, 4.69) is 48.2 Å². The summed E-state index contributed by atoms with van der Waals surface area (Å²) < 4.78 is 18.7. The van der Waals surface area contributed by atoms with Crippen LogP contribution in [0.4, 0.5) is 0 Å². The minimum Gasteiger partial charge on any atom is -0.465 e. The van der Waals surface area contributed by atoms with Gasteiger partial charge in [-0.2, -0.15) is 0 Å². The minimum absolute atomic E-state index is 0.0259. The quantitative estimate of drug-likeness (QED) is 0.381. The van der Waals surface area contributed by atoms with Gasteiger partial charge in [0, 0.05) is 0 Å². The molecule has 0 unspecified atom stereocenters. The second-order valence-electron chi connectivity index (χ2n) is 3.95. The van der Waals surface area contributed by atoms with Crippen molar-refractivity contribution in [1.82, 2.24) is 4.98 Å². The van der Waals surface area contributed by atoms with Gasteiger partial charge in [-0.25, -0.2) is 14.6 Å². The van der Waals surface area contributed by atoms with E-state index in [0.717, 1.165) is 6.42 Å². The first-order valence-electron chi connectivity index (χ1n) is 6.10. The maximum Gasteiger partial charge on any atom is 0.341 e. The predicted octanol–water partition coefficient (Wildman–Crippen LogP) is 5.07. The highest BCUT2D eigenvalue weighted by molar-refractivity contribution is 8.24. The van der Waals surface area contributed by atoms with Crippen molar-refractivity contribution < 1.29 is 23.6 Å². The van der Waals surface area contributed by atoms with Crippen LogP contribution in [0.1, 0.15) is 39.8 Å². The third kappa shape index (κ3) is 8.77. The van der Waals surface area contributed by atoms with Gasteiger partial charge in [-0.3, -0.25) is 4.57 Å². The minimum atomic E-state index is -3.22. The van der Waals surface area contributed by atoms with E-state index < -0.39 is 17.1 Å². The number of pyridine rings is 1. The van der Waals surface area contributed by atoms with E-state index in [-0.39, 0.29) is 16.3 Å².